The summed E-state index contributed by atoms with van der Waals surface area (Å²) in [6.07, 6.45) is 0. The fourth-order valence-corrected chi connectivity index (χ4v) is 9.25. The molecule has 0 atom stereocenters. The number of hydrogen-bond acceptors (Lipinski definition) is 4. The molecule has 0 unspecified atom stereocenters. The molecular formula is C50H30N2OS. The highest BCUT2D eigenvalue weighted by Gasteiger charge is 2.19. The van der Waals surface area contributed by atoms with E-state index in [-0.39, 0.29) is 0 Å². The van der Waals surface area contributed by atoms with Crippen LogP contribution in [-0.4, -0.2) is 9.97 Å². The zero-order chi connectivity index (χ0) is 35.6. The molecule has 0 aliphatic heterocycles. The van der Waals surface area contributed by atoms with Crippen molar-refractivity contribution < 1.29 is 4.42 Å². The summed E-state index contributed by atoms with van der Waals surface area (Å²) in [6.45, 7) is 0. The summed E-state index contributed by atoms with van der Waals surface area (Å²) >= 11 is 1.79. The largest absolute Gasteiger partial charge is 0.454 e. The molecule has 11 aromatic rings. The van der Waals surface area contributed by atoms with E-state index in [1.165, 1.54) is 58.4 Å². The first-order valence-corrected chi connectivity index (χ1v) is 19.0. The van der Waals surface area contributed by atoms with E-state index in [0.29, 0.717) is 5.82 Å². The standard InChI is InChI=1S/C50H30N2OS/c1-2-13-32(14-3-1)47-36-17-5-7-19-38(36)48(39-20-8-6-18-37(39)47)33-27-25-31(26-28-33)42-30-43(45-29-34-15-4-10-23-44(34)53-45)52-50(51-42)41-22-12-21-40-35-16-9-11-24-46(35)54-49(40)41/h1-30H. The lowest BCUT2D eigenvalue weighted by Gasteiger charge is -2.18. The molecule has 4 heteroatoms. The van der Waals surface area contributed by atoms with Gasteiger partial charge in [-0.1, -0.05) is 152 Å². The van der Waals surface area contributed by atoms with Crippen LogP contribution in [0, 0.1) is 0 Å². The van der Waals surface area contributed by atoms with Gasteiger partial charge in [0.2, 0.25) is 0 Å². The highest BCUT2D eigenvalue weighted by Crippen LogP contribution is 2.44. The predicted octanol–water partition coefficient (Wildman–Crippen LogP) is 14.2. The van der Waals surface area contributed by atoms with Crippen LogP contribution in [-0.2, 0) is 0 Å². The van der Waals surface area contributed by atoms with Crippen molar-refractivity contribution in [3.8, 4) is 56.4 Å². The number of hydrogen-bond donors (Lipinski definition) is 0. The van der Waals surface area contributed by atoms with Crippen molar-refractivity contribution in [2.45, 2.75) is 0 Å². The maximum absolute atomic E-state index is 6.38. The zero-order valence-electron chi connectivity index (χ0n) is 29.0. The van der Waals surface area contributed by atoms with Gasteiger partial charge in [-0.2, -0.15) is 0 Å². The Morgan fingerprint density at radius 2 is 0.963 bits per heavy atom. The van der Waals surface area contributed by atoms with Crippen LogP contribution in [0.5, 0.6) is 0 Å². The Morgan fingerprint density at radius 3 is 1.67 bits per heavy atom. The van der Waals surface area contributed by atoms with Crippen LogP contribution < -0.4 is 0 Å². The normalized spacial score (nSPS) is 11.7. The third kappa shape index (κ3) is 4.96. The molecule has 3 aromatic heterocycles. The van der Waals surface area contributed by atoms with Crippen LogP contribution >= 0.6 is 11.3 Å². The Kier molecular flexibility index (Phi) is 7.04. The van der Waals surface area contributed by atoms with Gasteiger partial charge in [-0.05, 0) is 74.1 Å². The molecule has 0 saturated carbocycles. The molecule has 0 spiro atoms. The first-order valence-electron chi connectivity index (χ1n) is 18.2. The fourth-order valence-electron chi connectivity index (χ4n) is 8.04. The molecular weight excluding hydrogens is 677 g/mol. The second kappa shape index (κ2) is 12.4. The van der Waals surface area contributed by atoms with Gasteiger partial charge < -0.3 is 4.42 Å². The first kappa shape index (κ1) is 30.7. The lowest BCUT2D eigenvalue weighted by atomic mass is 9.86. The smallest absolute Gasteiger partial charge is 0.161 e. The molecule has 8 aromatic carbocycles. The minimum Gasteiger partial charge on any atom is -0.454 e. The summed E-state index contributed by atoms with van der Waals surface area (Å²) in [5, 5.41) is 8.46. The topological polar surface area (TPSA) is 38.9 Å². The van der Waals surface area contributed by atoms with Gasteiger partial charge in [-0.3, -0.25) is 0 Å². The maximum Gasteiger partial charge on any atom is 0.161 e. The number of aromatic nitrogens is 2. The molecule has 0 fully saturated rings. The van der Waals surface area contributed by atoms with E-state index >= 15 is 0 Å². The summed E-state index contributed by atoms with van der Waals surface area (Å²) < 4.78 is 8.81. The van der Waals surface area contributed by atoms with Gasteiger partial charge in [0.15, 0.2) is 11.6 Å². The van der Waals surface area contributed by atoms with Crippen LogP contribution in [0.1, 0.15) is 0 Å². The van der Waals surface area contributed by atoms with Crippen molar-refractivity contribution in [1.29, 1.82) is 0 Å². The molecule has 252 valence electrons. The van der Waals surface area contributed by atoms with E-state index in [2.05, 4.69) is 164 Å². The van der Waals surface area contributed by atoms with Gasteiger partial charge in [0, 0.05) is 36.7 Å². The summed E-state index contributed by atoms with van der Waals surface area (Å²) in [6, 6.07) is 64.4. The van der Waals surface area contributed by atoms with E-state index < -0.39 is 0 Å². The van der Waals surface area contributed by atoms with Gasteiger partial charge in [-0.15, -0.1) is 11.3 Å². The second-order valence-electron chi connectivity index (χ2n) is 13.7. The molecule has 0 amide bonds. The van der Waals surface area contributed by atoms with Crippen molar-refractivity contribution >= 4 is 64.0 Å². The zero-order valence-corrected chi connectivity index (χ0v) is 29.8. The summed E-state index contributed by atoms with van der Waals surface area (Å²) in [4.78, 5) is 10.5. The first-order chi connectivity index (χ1) is 26.8. The van der Waals surface area contributed by atoms with Crippen molar-refractivity contribution in [2.24, 2.45) is 0 Å². The van der Waals surface area contributed by atoms with Gasteiger partial charge in [0.25, 0.3) is 0 Å². The number of thiophene rings is 1. The van der Waals surface area contributed by atoms with Crippen LogP contribution in [0.15, 0.2) is 186 Å². The Balaban J connectivity index is 1.09. The highest BCUT2D eigenvalue weighted by atomic mass is 32.1. The molecule has 0 aliphatic rings. The van der Waals surface area contributed by atoms with E-state index in [1.807, 2.05) is 18.2 Å². The number of rotatable bonds is 5. The summed E-state index contributed by atoms with van der Waals surface area (Å²) in [5.41, 5.74) is 9.33. The van der Waals surface area contributed by atoms with E-state index in [1.54, 1.807) is 11.3 Å². The van der Waals surface area contributed by atoms with Gasteiger partial charge in [0.1, 0.15) is 11.3 Å². The third-order valence-corrected chi connectivity index (χ3v) is 11.7. The molecule has 54 heavy (non-hydrogen) atoms. The van der Waals surface area contributed by atoms with E-state index in [0.717, 1.165) is 44.8 Å². The molecule has 3 nitrogen and oxygen atoms in total. The second-order valence-corrected chi connectivity index (χ2v) is 14.7. The minimum atomic E-state index is 0.678. The van der Waals surface area contributed by atoms with E-state index in [4.69, 9.17) is 14.4 Å². The average Bonchev–Trinajstić information content (AvgIpc) is 3.85. The number of para-hydroxylation sites is 1. The lowest BCUT2D eigenvalue weighted by molar-refractivity contribution is 0.628. The Morgan fingerprint density at radius 1 is 0.407 bits per heavy atom. The lowest BCUT2D eigenvalue weighted by Crippen LogP contribution is -1.96. The van der Waals surface area contributed by atoms with Crippen molar-refractivity contribution in [1.82, 2.24) is 9.97 Å². The van der Waals surface area contributed by atoms with Crippen LogP contribution in [0.2, 0.25) is 0 Å². The summed E-state index contributed by atoms with van der Waals surface area (Å²) in [7, 11) is 0. The van der Waals surface area contributed by atoms with Crippen molar-refractivity contribution in [3.05, 3.63) is 182 Å². The van der Waals surface area contributed by atoms with Gasteiger partial charge in [0.05, 0.1) is 5.69 Å². The molecule has 0 aliphatic carbocycles. The van der Waals surface area contributed by atoms with Crippen LogP contribution in [0.4, 0.5) is 0 Å². The van der Waals surface area contributed by atoms with Crippen molar-refractivity contribution in [2.75, 3.05) is 0 Å². The minimum absolute atomic E-state index is 0.678. The van der Waals surface area contributed by atoms with Gasteiger partial charge in [-0.25, -0.2) is 9.97 Å². The van der Waals surface area contributed by atoms with Crippen LogP contribution in [0.3, 0.4) is 0 Å². The molecule has 0 bridgehead atoms. The Labute approximate surface area is 315 Å². The number of nitrogens with zero attached hydrogens (tertiary/aromatic N) is 2. The molecule has 3 heterocycles. The van der Waals surface area contributed by atoms with Gasteiger partial charge >= 0.3 is 0 Å². The molecule has 11 rings (SSSR count). The molecule has 0 N–H and O–H groups in total. The maximum atomic E-state index is 6.38. The summed E-state index contributed by atoms with van der Waals surface area (Å²) in [5.74, 6) is 1.40. The Bertz CT molecular complexity index is 3120. The molecule has 0 saturated heterocycles. The fraction of sp³-hybridized carbons (Fsp3) is 0. The van der Waals surface area contributed by atoms with Crippen molar-refractivity contribution in [3.63, 3.8) is 0 Å². The monoisotopic (exact) mass is 706 g/mol. The quantitative estimate of drug-likeness (QED) is 0.167. The van der Waals surface area contributed by atoms with Crippen LogP contribution in [0.25, 0.3) is 109 Å². The number of furan rings is 1. The highest BCUT2D eigenvalue weighted by molar-refractivity contribution is 7.26. The molecule has 0 radical (unpaired) electrons. The predicted molar refractivity (Wildman–Crippen MR) is 227 cm³/mol. The average molecular weight is 707 g/mol. The number of benzene rings is 8. The third-order valence-electron chi connectivity index (χ3n) is 10.5. The van der Waals surface area contributed by atoms with E-state index in [9.17, 15) is 0 Å². The SMILES string of the molecule is c1ccc(-c2c3ccccc3c(-c3ccc(-c4cc(-c5cc6ccccc6o5)nc(-c5cccc6c5sc5ccccc56)n4)cc3)c3ccccc23)cc1. The Hall–Kier alpha value is -6.88. The number of fused-ring (bicyclic) bond motifs is 6.